The molecule has 0 aliphatic heterocycles. The highest BCUT2D eigenvalue weighted by molar-refractivity contribution is 9.10. The molecular formula is C10H10BrN3S2. The lowest BCUT2D eigenvalue weighted by Gasteiger charge is -2.05. The van der Waals surface area contributed by atoms with Crippen LogP contribution in [-0.2, 0) is 5.75 Å². The summed E-state index contributed by atoms with van der Waals surface area (Å²) in [4.78, 5) is 0. The van der Waals surface area contributed by atoms with Crippen molar-refractivity contribution in [1.29, 1.82) is 0 Å². The standard InChI is InChI=1S/C10H10BrN3S2/c1-6-13-14-10(16-6)15-5-7-8(11)3-2-4-9(7)12/h2-4H,5,12H2,1H3. The number of thioether (sulfide) groups is 1. The fraction of sp³-hybridized carbons (Fsp3) is 0.200. The number of benzene rings is 1. The number of nitrogens with two attached hydrogens (primary N) is 1. The van der Waals surface area contributed by atoms with Crippen LogP contribution in [0.3, 0.4) is 0 Å². The highest BCUT2D eigenvalue weighted by Crippen LogP contribution is 2.31. The van der Waals surface area contributed by atoms with Gasteiger partial charge in [-0.05, 0) is 24.6 Å². The molecule has 84 valence electrons. The minimum Gasteiger partial charge on any atom is -0.398 e. The SMILES string of the molecule is Cc1nnc(SCc2c(N)cccc2Br)s1. The van der Waals surface area contributed by atoms with Crippen molar-refractivity contribution < 1.29 is 0 Å². The summed E-state index contributed by atoms with van der Waals surface area (Å²) < 4.78 is 2.02. The normalized spacial score (nSPS) is 10.6. The maximum absolute atomic E-state index is 5.91. The molecule has 0 spiro atoms. The molecule has 2 rings (SSSR count). The number of nitrogens with zero attached hydrogens (tertiary/aromatic N) is 2. The third-order valence-corrected chi connectivity index (χ3v) is 4.74. The minimum absolute atomic E-state index is 0.807. The summed E-state index contributed by atoms with van der Waals surface area (Å²) in [7, 11) is 0. The number of nitrogen functional groups attached to an aromatic ring is 1. The molecule has 2 N–H and O–H groups in total. The van der Waals surface area contributed by atoms with Gasteiger partial charge in [-0.1, -0.05) is 45.1 Å². The zero-order valence-corrected chi connectivity index (χ0v) is 11.8. The smallest absolute Gasteiger partial charge is 0.174 e. The largest absolute Gasteiger partial charge is 0.398 e. The first-order valence-corrected chi connectivity index (χ1v) is 7.22. The lowest BCUT2D eigenvalue weighted by molar-refractivity contribution is 0.983. The van der Waals surface area contributed by atoms with Gasteiger partial charge in [0.1, 0.15) is 5.01 Å². The Morgan fingerprint density at radius 1 is 1.44 bits per heavy atom. The second kappa shape index (κ2) is 5.16. The average molecular weight is 316 g/mol. The second-order valence-corrected chi connectivity index (χ2v) is 6.44. The Balaban J connectivity index is 2.10. The summed E-state index contributed by atoms with van der Waals surface area (Å²) in [6, 6.07) is 5.84. The van der Waals surface area contributed by atoms with Crippen LogP contribution >= 0.6 is 39.0 Å². The van der Waals surface area contributed by atoms with Gasteiger partial charge in [-0.25, -0.2) is 0 Å². The Hall–Kier alpha value is -0.590. The van der Waals surface area contributed by atoms with Crippen LogP contribution in [0.15, 0.2) is 27.0 Å². The summed E-state index contributed by atoms with van der Waals surface area (Å²) in [5.41, 5.74) is 7.83. The highest BCUT2D eigenvalue weighted by Gasteiger charge is 2.07. The molecule has 1 aromatic carbocycles. The first-order valence-electron chi connectivity index (χ1n) is 4.62. The fourth-order valence-corrected chi connectivity index (χ4v) is 3.78. The van der Waals surface area contributed by atoms with Crippen molar-refractivity contribution in [2.24, 2.45) is 0 Å². The van der Waals surface area contributed by atoms with E-state index in [4.69, 9.17) is 5.73 Å². The van der Waals surface area contributed by atoms with Crippen LogP contribution in [0, 0.1) is 6.92 Å². The molecule has 0 saturated carbocycles. The molecule has 1 heterocycles. The monoisotopic (exact) mass is 315 g/mol. The number of rotatable bonds is 3. The zero-order valence-electron chi connectivity index (χ0n) is 8.61. The number of hydrogen-bond donors (Lipinski definition) is 1. The minimum atomic E-state index is 0.807. The number of hydrogen-bond acceptors (Lipinski definition) is 5. The van der Waals surface area contributed by atoms with Gasteiger partial charge >= 0.3 is 0 Å². The van der Waals surface area contributed by atoms with Crippen molar-refractivity contribution in [2.45, 2.75) is 17.0 Å². The zero-order chi connectivity index (χ0) is 11.5. The van der Waals surface area contributed by atoms with E-state index in [-0.39, 0.29) is 0 Å². The van der Waals surface area contributed by atoms with Crippen molar-refractivity contribution in [3.05, 3.63) is 33.2 Å². The molecule has 0 aliphatic rings. The predicted molar refractivity (Wildman–Crippen MR) is 72.8 cm³/mol. The lowest BCUT2D eigenvalue weighted by Crippen LogP contribution is -1.93. The van der Waals surface area contributed by atoms with Crippen molar-refractivity contribution in [3.63, 3.8) is 0 Å². The van der Waals surface area contributed by atoms with Gasteiger partial charge < -0.3 is 5.73 Å². The summed E-state index contributed by atoms with van der Waals surface area (Å²) in [6.07, 6.45) is 0. The van der Waals surface area contributed by atoms with Gasteiger partial charge in [-0.15, -0.1) is 10.2 Å². The molecule has 0 amide bonds. The van der Waals surface area contributed by atoms with E-state index in [0.29, 0.717) is 0 Å². The predicted octanol–water partition coefficient (Wildman–Crippen LogP) is 3.48. The molecular weight excluding hydrogens is 306 g/mol. The molecule has 0 saturated heterocycles. The van der Waals surface area contributed by atoms with Crippen LogP contribution < -0.4 is 5.73 Å². The first-order chi connectivity index (χ1) is 7.66. The van der Waals surface area contributed by atoms with Gasteiger partial charge in [0.25, 0.3) is 0 Å². The van der Waals surface area contributed by atoms with E-state index in [1.807, 2.05) is 25.1 Å². The molecule has 6 heteroatoms. The third kappa shape index (κ3) is 2.75. The molecule has 16 heavy (non-hydrogen) atoms. The summed E-state index contributed by atoms with van der Waals surface area (Å²) in [5.74, 6) is 0.807. The van der Waals surface area contributed by atoms with E-state index in [2.05, 4.69) is 26.1 Å². The molecule has 0 aliphatic carbocycles. The van der Waals surface area contributed by atoms with Crippen molar-refractivity contribution >= 4 is 44.7 Å². The molecule has 1 aromatic heterocycles. The Labute approximate surface area is 111 Å². The van der Waals surface area contributed by atoms with E-state index < -0.39 is 0 Å². The quantitative estimate of drug-likeness (QED) is 0.696. The summed E-state index contributed by atoms with van der Waals surface area (Å²) in [5, 5.41) is 9.03. The lowest BCUT2D eigenvalue weighted by atomic mass is 10.2. The molecule has 3 nitrogen and oxygen atoms in total. The maximum atomic E-state index is 5.91. The summed E-state index contributed by atoms with van der Waals surface area (Å²) >= 11 is 6.76. The number of aryl methyl sites for hydroxylation is 1. The Bertz CT molecular complexity index is 478. The van der Waals surface area contributed by atoms with Crippen molar-refractivity contribution in [3.8, 4) is 0 Å². The highest BCUT2D eigenvalue weighted by atomic mass is 79.9. The number of halogens is 1. The van der Waals surface area contributed by atoms with Gasteiger partial charge in [0.2, 0.25) is 0 Å². The Morgan fingerprint density at radius 3 is 2.88 bits per heavy atom. The van der Waals surface area contributed by atoms with Gasteiger partial charge in [0, 0.05) is 15.9 Å². The van der Waals surface area contributed by atoms with Crippen LogP contribution in [0.25, 0.3) is 0 Å². The van der Waals surface area contributed by atoms with Crippen LogP contribution in [0.5, 0.6) is 0 Å². The molecule has 0 radical (unpaired) electrons. The first kappa shape index (κ1) is 11.9. The average Bonchev–Trinajstić information content (AvgIpc) is 2.63. The second-order valence-electron chi connectivity index (χ2n) is 3.18. The van der Waals surface area contributed by atoms with E-state index in [1.165, 1.54) is 0 Å². The fourth-order valence-electron chi connectivity index (χ4n) is 1.20. The molecule has 0 atom stereocenters. The maximum Gasteiger partial charge on any atom is 0.174 e. The van der Waals surface area contributed by atoms with Crippen molar-refractivity contribution in [1.82, 2.24) is 10.2 Å². The number of anilines is 1. The van der Waals surface area contributed by atoms with E-state index >= 15 is 0 Å². The molecule has 0 fully saturated rings. The van der Waals surface area contributed by atoms with Gasteiger partial charge in [-0.3, -0.25) is 0 Å². The van der Waals surface area contributed by atoms with Crippen molar-refractivity contribution in [2.75, 3.05) is 5.73 Å². The molecule has 0 unspecified atom stereocenters. The van der Waals surface area contributed by atoms with E-state index in [9.17, 15) is 0 Å². The third-order valence-electron chi connectivity index (χ3n) is 2.00. The topological polar surface area (TPSA) is 51.8 Å². The van der Waals surface area contributed by atoms with Crippen LogP contribution in [0.4, 0.5) is 5.69 Å². The number of aromatic nitrogens is 2. The molecule has 2 aromatic rings. The van der Waals surface area contributed by atoms with Crippen LogP contribution in [0.2, 0.25) is 0 Å². The summed E-state index contributed by atoms with van der Waals surface area (Å²) in [6.45, 7) is 1.95. The Morgan fingerprint density at radius 2 is 2.25 bits per heavy atom. The molecule has 0 bridgehead atoms. The Kier molecular flexibility index (Phi) is 3.83. The van der Waals surface area contributed by atoms with Crippen LogP contribution in [0.1, 0.15) is 10.6 Å². The van der Waals surface area contributed by atoms with E-state index in [0.717, 1.165) is 30.8 Å². The van der Waals surface area contributed by atoms with Gasteiger partial charge in [0.15, 0.2) is 4.34 Å². The van der Waals surface area contributed by atoms with Crippen LogP contribution in [-0.4, -0.2) is 10.2 Å². The van der Waals surface area contributed by atoms with E-state index in [1.54, 1.807) is 23.1 Å². The van der Waals surface area contributed by atoms with Gasteiger partial charge in [0.05, 0.1) is 0 Å². The van der Waals surface area contributed by atoms with Gasteiger partial charge in [-0.2, -0.15) is 0 Å².